The Morgan fingerprint density at radius 2 is 1.59 bits per heavy atom. The van der Waals surface area contributed by atoms with Crippen LogP contribution in [-0.2, 0) is 11.2 Å². The van der Waals surface area contributed by atoms with Gasteiger partial charge in [-0.2, -0.15) is 0 Å². The lowest BCUT2D eigenvalue weighted by molar-refractivity contribution is -0.254. The number of hydrogen-bond acceptors (Lipinski definition) is 5. The van der Waals surface area contributed by atoms with Gasteiger partial charge in [0.05, 0.1) is 32.3 Å². The highest BCUT2D eigenvalue weighted by molar-refractivity contribution is 6.01. The number of carboxylic acids is 1. The van der Waals surface area contributed by atoms with Gasteiger partial charge in [0.25, 0.3) is 0 Å². The molecule has 1 amide bonds. The molecule has 0 aromatic heterocycles. The second kappa shape index (κ2) is 7.78. The van der Waals surface area contributed by atoms with E-state index in [1.165, 1.54) is 26.4 Å². The minimum Gasteiger partial charge on any atom is -0.545 e. The van der Waals surface area contributed by atoms with Gasteiger partial charge >= 0.3 is 0 Å². The molecular formula is C21H18NO5-. The van der Waals surface area contributed by atoms with E-state index in [4.69, 9.17) is 9.47 Å². The standard InChI is InChI=1S/C21H19NO5/c1-26-18-11-16(21(24)25)17(12-19(18)27-2)22-20(23)10-13-7-8-14-5-3-4-6-15(14)9-13/h3-9,11-12H,10H2,1-2H3,(H,22,23)(H,24,25)/p-1. The molecule has 6 nitrogen and oxygen atoms in total. The minimum absolute atomic E-state index is 0.0958. The second-order valence-corrected chi connectivity index (χ2v) is 5.95. The molecule has 0 heterocycles. The van der Waals surface area contributed by atoms with Crippen LogP contribution in [-0.4, -0.2) is 26.1 Å². The van der Waals surface area contributed by atoms with E-state index in [1.807, 2.05) is 42.5 Å². The number of benzene rings is 3. The third kappa shape index (κ3) is 4.00. The average Bonchev–Trinajstić information content (AvgIpc) is 2.67. The lowest BCUT2D eigenvalue weighted by atomic mass is 10.0. The molecule has 0 saturated heterocycles. The van der Waals surface area contributed by atoms with Crippen molar-refractivity contribution in [3.8, 4) is 11.5 Å². The summed E-state index contributed by atoms with van der Waals surface area (Å²) in [6.45, 7) is 0. The molecule has 3 rings (SSSR count). The Kier molecular flexibility index (Phi) is 5.26. The van der Waals surface area contributed by atoms with Crippen molar-refractivity contribution in [1.82, 2.24) is 0 Å². The number of carboxylic acid groups (broad SMARTS) is 1. The molecule has 0 aliphatic rings. The third-order valence-corrected chi connectivity index (χ3v) is 4.20. The largest absolute Gasteiger partial charge is 0.545 e. The van der Waals surface area contributed by atoms with E-state index < -0.39 is 5.97 Å². The van der Waals surface area contributed by atoms with Crippen LogP contribution in [0.2, 0.25) is 0 Å². The van der Waals surface area contributed by atoms with Crippen molar-refractivity contribution >= 4 is 28.3 Å². The van der Waals surface area contributed by atoms with Gasteiger partial charge in [-0.1, -0.05) is 42.5 Å². The number of carbonyl (C=O) groups is 2. The van der Waals surface area contributed by atoms with Crippen LogP contribution in [0.25, 0.3) is 10.8 Å². The maximum Gasteiger partial charge on any atom is 0.228 e. The van der Waals surface area contributed by atoms with Crippen LogP contribution < -0.4 is 19.9 Å². The van der Waals surface area contributed by atoms with Crippen LogP contribution in [0.1, 0.15) is 15.9 Å². The molecule has 6 heteroatoms. The van der Waals surface area contributed by atoms with E-state index in [9.17, 15) is 14.7 Å². The topological polar surface area (TPSA) is 87.7 Å². The summed E-state index contributed by atoms with van der Waals surface area (Å²) in [7, 11) is 2.83. The van der Waals surface area contributed by atoms with Crippen LogP contribution in [0.3, 0.4) is 0 Å². The average molecular weight is 364 g/mol. The minimum atomic E-state index is -1.42. The normalized spacial score (nSPS) is 10.4. The lowest BCUT2D eigenvalue weighted by Crippen LogP contribution is -2.25. The summed E-state index contributed by atoms with van der Waals surface area (Å²) < 4.78 is 10.3. The van der Waals surface area contributed by atoms with Gasteiger partial charge in [-0.3, -0.25) is 4.79 Å². The molecule has 0 aliphatic carbocycles. The number of carbonyl (C=O) groups excluding carboxylic acids is 2. The van der Waals surface area contributed by atoms with E-state index >= 15 is 0 Å². The van der Waals surface area contributed by atoms with E-state index in [0.29, 0.717) is 5.75 Å². The first kappa shape index (κ1) is 18.3. The molecular weight excluding hydrogens is 346 g/mol. The van der Waals surface area contributed by atoms with Crippen LogP contribution >= 0.6 is 0 Å². The van der Waals surface area contributed by atoms with Gasteiger partial charge in [-0.15, -0.1) is 0 Å². The molecule has 0 radical (unpaired) electrons. The Labute approximate surface area is 156 Å². The number of ether oxygens (including phenoxy) is 2. The molecule has 0 spiro atoms. The zero-order chi connectivity index (χ0) is 19.4. The van der Waals surface area contributed by atoms with E-state index in [2.05, 4.69) is 5.32 Å². The summed E-state index contributed by atoms with van der Waals surface area (Å²) in [4.78, 5) is 23.9. The van der Waals surface area contributed by atoms with Gasteiger partial charge in [-0.25, -0.2) is 0 Å². The van der Waals surface area contributed by atoms with Crippen molar-refractivity contribution in [2.75, 3.05) is 19.5 Å². The van der Waals surface area contributed by atoms with Crippen LogP contribution in [0.4, 0.5) is 5.69 Å². The van der Waals surface area contributed by atoms with Gasteiger partial charge in [0.15, 0.2) is 11.5 Å². The SMILES string of the molecule is COc1cc(NC(=O)Cc2ccc3ccccc3c2)c(C(=O)[O-])cc1OC. The Morgan fingerprint density at radius 3 is 2.26 bits per heavy atom. The summed E-state index contributed by atoms with van der Waals surface area (Å²) in [6.07, 6.45) is 0.103. The summed E-state index contributed by atoms with van der Waals surface area (Å²) in [5.74, 6) is -1.22. The molecule has 1 N–H and O–H groups in total. The molecule has 0 atom stereocenters. The summed E-state index contributed by atoms with van der Waals surface area (Å²) in [5, 5.41) is 16.2. The van der Waals surface area contributed by atoms with Gasteiger partial charge in [0.1, 0.15) is 0 Å². The Morgan fingerprint density at radius 1 is 0.926 bits per heavy atom. The number of nitrogens with one attached hydrogen (secondary N) is 1. The van der Waals surface area contributed by atoms with Crippen LogP contribution in [0.15, 0.2) is 54.6 Å². The van der Waals surface area contributed by atoms with Crippen molar-refractivity contribution in [1.29, 1.82) is 0 Å². The molecule has 0 saturated carbocycles. The number of hydrogen-bond donors (Lipinski definition) is 1. The number of fused-ring (bicyclic) bond motifs is 1. The highest BCUT2D eigenvalue weighted by Gasteiger charge is 2.14. The Hall–Kier alpha value is -3.54. The summed E-state index contributed by atoms with van der Waals surface area (Å²) in [5.41, 5.74) is 0.736. The fourth-order valence-electron chi connectivity index (χ4n) is 2.88. The third-order valence-electron chi connectivity index (χ3n) is 4.20. The number of rotatable bonds is 6. The Balaban J connectivity index is 1.84. The predicted molar refractivity (Wildman–Crippen MR) is 100 cm³/mol. The Bertz CT molecular complexity index is 1010. The molecule has 138 valence electrons. The molecule has 0 aliphatic heterocycles. The molecule has 3 aromatic rings. The first-order valence-corrected chi connectivity index (χ1v) is 8.26. The first-order chi connectivity index (χ1) is 13.0. The molecule has 0 unspecified atom stereocenters. The molecule has 27 heavy (non-hydrogen) atoms. The highest BCUT2D eigenvalue weighted by Crippen LogP contribution is 2.33. The highest BCUT2D eigenvalue weighted by atomic mass is 16.5. The smallest absolute Gasteiger partial charge is 0.228 e. The maximum absolute atomic E-state index is 12.5. The van der Waals surface area contributed by atoms with Crippen molar-refractivity contribution in [2.24, 2.45) is 0 Å². The van der Waals surface area contributed by atoms with Crippen LogP contribution in [0, 0.1) is 0 Å². The van der Waals surface area contributed by atoms with Gasteiger partial charge in [-0.05, 0) is 22.4 Å². The zero-order valence-corrected chi connectivity index (χ0v) is 14.9. The fraction of sp³-hybridized carbons (Fsp3) is 0.143. The summed E-state index contributed by atoms with van der Waals surface area (Å²) >= 11 is 0. The van der Waals surface area contributed by atoms with Crippen molar-refractivity contribution in [3.05, 3.63) is 65.7 Å². The van der Waals surface area contributed by atoms with E-state index in [-0.39, 0.29) is 29.3 Å². The van der Waals surface area contributed by atoms with E-state index in [1.54, 1.807) is 0 Å². The number of aromatic carboxylic acids is 1. The lowest BCUT2D eigenvalue weighted by Gasteiger charge is -2.16. The number of amides is 1. The molecule has 0 fully saturated rings. The monoisotopic (exact) mass is 364 g/mol. The van der Waals surface area contributed by atoms with Crippen molar-refractivity contribution in [2.45, 2.75) is 6.42 Å². The summed E-state index contributed by atoms with van der Waals surface area (Å²) in [6, 6.07) is 16.3. The fourth-order valence-corrected chi connectivity index (χ4v) is 2.88. The van der Waals surface area contributed by atoms with Gasteiger partial charge < -0.3 is 24.7 Å². The molecule has 3 aromatic carbocycles. The van der Waals surface area contributed by atoms with Gasteiger partial charge in [0, 0.05) is 11.6 Å². The van der Waals surface area contributed by atoms with Crippen molar-refractivity contribution in [3.63, 3.8) is 0 Å². The second-order valence-electron chi connectivity index (χ2n) is 5.95. The first-order valence-electron chi connectivity index (χ1n) is 8.26. The number of anilines is 1. The maximum atomic E-state index is 12.5. The van der Waals surface area contributed by atoms with Crippen molar-refractivity contribution < 1.29 is 24.2 Å². The zero-order valence-electron chi connectivity index (χ0n) is 14.9. The quantitative estimate of drug-likeness (QED) is 0.726. The number of methoxy groups -OCH3 is 2. The molecule has 0 bridgehead atoms. The van der Waals surface area contributed by atoms with Gasteiger partial charge in [0.2, 0.25) is 5.91 Å². The van der Waals surface area contributed by atoms with E-state index in [0.717, 1.165) is 16.3 Å². The van der Waals surface area contributed by atoms with Crippen LogP contribution in [0.5, 0.6) is 11.5 Å². The predicted octanol–water partition coefficient (Wildman–Crippen LogP) is 2.40.